The predicted molar refractivity (Wildman–Crippen MR) is 65.1 cm³/mol. The first-order valence-electron chi connectivity index (χ1n) is 6.11. The first kappa shape index (κ1) is 12.1. The van der Waals surface area contributed by atoms with E-state index in [1.807, 2.05) is 13.2 Å². The molecule has 1 aliphatic carbocycles. The summed E-state index contributed by atoms with van der Waals surface area (Å²) in [5.41, 5.74) is 6.90. The Balaban J connectivity index is 1.77. The van der Waals surface area contributed by atoms with Crippen LogP contribution in [-0.2, 0) is 18.4 Å². The van der Waals surface area contributed by atoms with Crippen molar-refractivity contribution in [2.45, 2.75) is 44.2 Å². The Hall–Kier alpha value is -1.36. The SMILES string of the molecule is Cn1cc(CNC(=O)CC2(N)CCCC2)cn1. The lowest BCUT2D eigenvalue weighted by Gasteiger charge is -2.22. The molecule has 0 unspecified atom stereocenters. The zero-order valence-corrected chi connectivity index (χ0v) is 10.3. The molecule has 0 spiro atoms. The van der Waals surface area contributed by atoms with Crippen molar-refractivity contribution in [3.8, 4) is 0 Å². The molecule has 5 nitrogen and oxygen atoms in total. The van der Waals surface area contributed by atoms with Crippen LogP contribution >= 0.6 is 0 Å². The highest BCUT2D eigenvalue weighted by Crippen LogP contribution is 2.29. The largest absolute Gasteiger partial charge is 0.352 e. The Bertz CT molecular complexity index is 393. The van der Waals surface area contributed by atoms with Gasteiger partial charge in [-0.3, -0.25) is 9.48 Å². The van der Waals surface area contributed by atoms with E-state index in [0.29, 0.717) is 13.0 Å². The monoisotopic (exact) mass is 236 g/mol. The Morgan fingerprint density at radius 2 is 2.29 bits per heavy atom. The lowest BCUT2D eigenvalue weighted by atomic mass is 9.94. The summed E-state index contributed by atoms with van der Waals surface area (Å²) >= 11 is 0. The van der Waals surface area contributed by atoms with Gasteiger partial charge in [0.1, 0.15) is 0 Å². The second kappa shape index (κ2) is 4.87. The lowest BCUT2D eigenvalue weighted by molar-refractivity contribution is -0.122. The fraction of sp³-hybridized carbons (Fsp3) is 0.667. The molecule has 0 aromatic carbocycles. The second-order valence-electron chi connectivity index (χ2n) is 5.05. The van der Waals surface area contributed by atoms with Crippen molar-refractivity contribution in [3.63, 3.8) is 0 Å². The number of nitrogens with two attached hydrogens (primary N) is 1. The van der Waals surface area contributed by atoms with Gasteiger partial charge in [-0.2, -0.15) is 5.10 Å². The molecular formula is C12H20N4O. The van der Waals surface area contributed by atoms with Gasteiger partial charge in [-0.1, -0.05) is 12.8 Å². The molecule has 1 aliphatic rings. The van der Waals surface area contributed by atoms with E-state index < -0.39 is 0 Å². The van der Waals surface area contributed by atoms with Gasteiger partial charge >= 0.3 is 0 Å². The summed E-state index contributed by atoms with van der Waals surface area (Å²) in [6.07, 6.45) is 8.31. The Morgan fingerprint density at radius 3 is 2.88 bits per heavy atom. The summed E-state index contributed by atoms with van der Waals surface area (Å²) in [5, 5.41) is 6.94. The van der Waals surface area contributed by atoms with E-state index in [2.05, 4.69) is 10.4 Å². The summed E-state index contributed by atoms with van der Waals surface area (Å²) in [4.78, 5) is 11.8. The maximum atomic E-state index is 11.8. The minimum Gasteiger partial charge on any atom is -0.352 e. The van der Waals surface area contributed by atoms with Crippen LogP contribution in [0.1, 0.15) is 37.7 Å². The summed E-state index contributed by atoms with van der Waals surface area (Å²) in [7, 11) is 1.86. The number of nitrogens with one attached hydrogen (secondary N) is 1. The smallest absolute Gasteiger partial charge is 0.222 e. The maximum Gasteiger partial charge on any atom is 0.222 e. The average molecular weight is 236 g/mol. The Labute approximate surface area is 101 Å². The molecule has 17 heavy (non-hydrogen) atoms. The van der Waals surface area contributed by atoms with Gasteiger partial charge in [0.05, 0.1) is 6.20 Å². The third-order valence-corrected chi connectivity index (χ3v) is 3.36. The number of aromatic nitrogens is 2. The molecule has 0 atom stereocenters. The van der Waals surface area contributed by atoms with E-state index in [9.17, 15) is 4.79 Å². The number of hydrogen-bond donors (Lipinski definition) is 2. The van der Waals surface area contributed by atoms with Crippen LogP contribution in [0.15, 0.2) is 12.4 Å². The number of nitrogens with zero attached hydrogens (tertiary/aromatic N) is 2. The minimum absolute atomic E-state index is 0.0400. The van der Waals surface area contributed by atoms with Gasteiger partial charge in [0.2, 0.25) is 5.91 Å². The molecule has 0 radical (unpaired) electrons. The standard InChI is InChI=1S/C12H20N4O/c1-16-9-10(8-15-16)7-14-11(17)6-12(13)4-2-3-5-12/h8-9H,2-7,13H2,1H3,(H,14,17). The Morgan fingerprint density at radius 1 is 1.59 bits per heavy atom. The number of amides is 1. The van der Waals surface area contributed by atoms with Crippen LogP contribution in [0.5, 0.6) is 0 Å². The van der Waals surface area contributed by atoms with Crippen LogP contribution < -0.4 is 11.1 Å². The number of carbonyl (C=O) groups excluding carboxylic acids is 1. The van der Waals surface area contributed by atoms with Crippen LogP contribution in [0, 0.1) is 0 Å². The summed E-state index contributed by atoms with van der Waals surface area (Å²) in [6, 6.07) is 0. The predicted octanol–water partition coefficient (Wildman–Crippen LogP) is 0.698. The van der Waals surface area contributed by atoms with Crippen molar-refractivity contribution < 1.29 is 4.79 Å². The molecular weight excluding hydrogens is 216 g/mol. The lowest BCUT2D eigenvalue weighted by Crippen LogP contribution is -2.41. The van der Waals surface area contributed by atoms with Crippen molar-refractivity contribution in [3.05, 3.63) is 18.0 Å². The zero-order chi connectivity index (χ0) is 12.3. The number of carbonyl (C=O) groups is 1. The molecule has 1 aromatic heterocycles. The number of aryl methyl sites for hydroxylation is 1. The molecule has 1 amide bonds. The maximum absolute atomic E-state index is 11.8. The number of hydrogen-bond acceptors (Lipinski definition) is 3. The molecule has 0 bridgehead atoms. The summed E-state index contributed by atoms with van der Waals surface area (Å²) < 4.78 is 1.73. The quantitative estimate of drug-likeness (QED) is 0.808. The fourth-order valence-electron chi connectivity index (χ4n) is 2.40. The van der Waals surface area contributed by atoms with Crippen molar-refractivity contribution >= 4 is 5.91 Å². The molecule has 1 heterocycles. The molecule has 1 saturated carbocycles. The van der Waals surface area contributed by atoms with E-state index >= 15 is 0 Å². The first-order chi connectivity index (χ1) is 8.07. The first-order valence-corrected chi connectivity index (χ1v) is 6.11. The molecule has 3 N–H and O–H groups in total. The van der Waals surface area contributed by atoms with E-state index in [4.69, 9.17) is 5.73 Å². The van der Waals surface area contributed by atoms with Gasteiger partial charge in [-0.25, -0.2) is 0 Å². The van der Waals surface area contributed by atoms with E-state index in [-0.39, 0.29) is 11.4 Å². The zero-order valence-electron chi connectivity index (χ0n) is 10.3. The van der Waals surface area contributed by atoms with Crippen molar-refractivity contribution in [2.75, 3.05) is 0 Å². The highest BCUT2D eigenvalue weighted by Gasteiger charge is 2.31. The summed E-state index contributed by atoms with van der Waals surface area (Å²) in [5.74, 6) is 0.0400. The van der Waals surface area contributed by atoms with Crippen LogP contribution in [-0.4, -0.2) is 21.2 Å². The normalized spacial score (nSPS) is 18.2. The molecule has 0 aliphatic heterocycles. The van der Waals surface area contributed by atoms with E-state index in [0.717, 1.165) is 31.2 Å². The van der Waals surface area contributed by atoms with E-state index in [1.165, 1.54) is 0 Å². The van der Waals surface area contributed by atoms with Crippen LogP contribution in [0.2, 0.25) is 0 Å². The van der Waals surface area contributed by atoms with E-state index in [1.54, 1.807) is 10.9 Å². The molecule has 1 fully saturated rings. The van der Waals surface area contributed by atoms with Gasteiger partial charge in [0.15, 0.2) is 0 Å². The third kappa shape index (κ3) is 3.30. The Kier molecular flexibility index (Phi) is 3.47. The molecule has 5 heteroatoms. The highest BCUT2D eigenvalue weighted by atomic mass is 16.1. The molecule has 2 rings (SSSR count). The molecule has 0 saturated heterocycles. The second-order valence-corrected chi connectivity index (χ2v) is 5.05. The highest BCUT2D eigenvalue weighted by molar-refractivity contribution is 5.77. The van der Waals surface area contributed by atoms with Gasteiger partial charge in [-0.05, 0) is 12.8 Å². The summed E-state index contributed by atoms with van der Waals surface area (Å²) in [6.45, 7) is 0.531. The minimum atomic E-state index is -0.265. The molecule has 1 aromatic rings. The number of rotatable bonds is 4. The average Bonchev–Trinajstić information content (AvgIpc) is 2.85. The van der Waals surface area contributed by atoms with Crippen molar-refractivity contribution in [2.24, 2.45) is 12.8 Å². The van der Waals surface area contributed by atoms with Crippen LogP contribution in [0.3, 0.4) is 0 Å². The van der Waals surface area contributed by atoms with Gasteiger partial charge in [0.25, 0.3) is 0 Å². The molecule has 94 valence electrons. The third-order valence-electron chi connectivity index (χ3n) is 3.36. The van der Waals surface area contributed by atoms with Crippen LogP contribution in [0.4, 0.5) is 0 Å². The van der Waals surface area contributed by atoms with Crippen molar-refractivity contribution in [1.29, 1.82) is 0 Å². The topological polar surface area (TPSA) is 72.9 Å². The van der Waals surface area contributed by atoms with Crippen LogP contribution in [0.25, 0.3) is 0 Å². The fourth-order valence-corrected chi connectivity index (χ4v) is 2.40. The van der Waals surface area contributed by atoms with Gasteiger partial charge in [0, 0.05) is 37.3 Å². The van der Waals surface area contributed by atoms with Gasteiger partial charge < -0.3 is 11.1 Å². The van der Waals surface area contributed by atoms with Gasteiger partial charge in [-0.15, -0.1) is 0 Å². The van der Waals surface area contributed by atoms with Crippen molar-refractivity contribution in [1.82, 2.24) is 15.1 Å².